The highest BCUT2D eigenvalue weighted by Crippen LogP contribution is 2.28. The Kier molecular flexibility index (Phi) is 1.76. The van der Waals surface area contributed by atoms with E-state index in [1.165, 1.54) is 0 Å². The van der Waals surface area contributed by atoms with E-state index in [2.05, 4.69) is 19.8 Å². The molecule has 3 heterocycles. The Morgan fingerprint density at radius 1 is 1.78 bits per heavy atom. The molecule has 2 atom stereocenters. The third kappa shape index (κ3) is 2.84. The monoisotopic (exact) mass is 324 g/mol. The predicted octanol–water partition coefficient (Wildman–Crippen LogP) is 1.55. The van der Waals surface area contributed by atoms with Crippen LogP contribution in [-0.2, 0) is 4.79 Å². The summed E-state index contributed by atoms with van der Waals surface area (Å²) in [6, 6.07) is -3.99. The molecule has 7 heteroatoms. The topological polar surface area (TPSA) is 69.5 Å². The molecule has 1 saturated heterocycles. The fourth-order valence-corrected chi connectivity index (χ4v) is 2.14. The summed E-state index contributed by atoms with van der Waals surface area (Å²) in [7, 11) is 0. The van der Waals surface area contributed by atoms with Gasteiger partial charge < -0.3 is 19.6 Å². The lowest BCUT2D eigenvalue weighted by molar-refractivity contribution is -0.130. The van der Waals surface area contributed by atoms with Crippen molar-refractivity contribution < 1.29 is 21.2 Å². The standard InChI is InChI=1S/C16H20N6O/c1-11-5-7-22(14(23)8-17-2)9-13(11)21(3)16-12-4-6-18-15(12)19-10-20-16/h4,6,10-11,13H,5,7-9H2,1,3H3,(H,18,19,20)/t11-,13+/m1/s1/i1D3,3D3,4D,9D2,10D,11D,13D. The summed E-state index contributed by atoms with van der Waals surface area (Å²) in [6.07, 6.45) is -0.546. The minimum Gasteiger partial charge on any atom is -0.354 e. The fraction of sp³-hybridized carbons (Fsp3) is 0.500. The van der Waals surface area contributed by atoms with E-state index in [-0.39, 0.29) is 15.9 Å². The van der Waals surface area contributed by atoms with E-state index in [0.29, 0.717) is 4.90 Å². The van der Waals surface area contributed by atoms with Crippen molar-refractivity contribution in [3.63, 3.8) is 0 Å². The molecule has 1 aliphatic heterocycles. The summed E-state index contributed by atoms with van der Waals surface area (Å²) in [5.41, 5.74) is -0.204. The molecule has 1 N–H and O–H groups in total. The molecule has 0 radical (unpaired) electrons. The number of fused-ring (bicyclic) bond motifs is 1. The Hall–Kier alpha value is -2.62. The number of likely N-dealkylation sites (tertiary alicyclic amines) is 1. The Morgan fingerprint density at radius 2 is 2.70 bits per heavy atom. The lowest BCUT2D eigenvalue weighted by Gasteiger charge is -2.41. The van der Waals surface area contributed by atoms with Gasteiger partial charge in [-0.05, 0) is 18.4 Å². The second-order valence-electron chi connectivity index (χ2n) is 4.69. The average Bonchev–Trinajstić information content (AvgIpc) is 3.05. The molecule has 0 saturated carbocycles. The van der Waals surface area contributed by atoms with E-state index in [1.807, 2.05) is 0 Å². The Bertz CT molecular complexity index is 1200. The number of nitrogens with one attached hydrogen (secondary N) is 1. The summed E-state index contributed by atoms with van der Waals surface area (Å²) in [5, 5.41) is -0.350. The van der Waals surface area contributed by atoms with E-state index >= 15 is 0 Å². The van der Waals surface area contributed by atoms with Crippen LogP contribution in [0.5, 0.6) is 0 Å². The molecular weight excluding hydrogens is 292 g/mol. The predicted molar refractivity (Wildman–Crippen MR) is 87.9 cm³/mol. The first-order valence-electron chi connectivity index (χ1n) is 12.6. The lowest BCUT2D eigenvalue weighted by atomic mass is 9.92. The number of carbonyl (C=O) groups is 1. The van der Waals surface area contributed by atoms with E-state index in [1.54, 1.807) is 0 Å². The molecule has 1 aliphatic rings. The van der Waals surface area contributed by atoms with Crippen LogP contribution in [0.15, 0.2) is 18.5 Å². The zero-order valence-electron chi connectivity index (χ0n) is 23.8. The first-order chi connectivity index (χ1) is 15.8. The second-order valence-corrected chi connectivity index (χ2v) is 4.69. The molecule has 1 fully saturated rings. The second kappa shape index (κ2) is 6.24. The molecule has 0 unspecified atom stereocenters. The number of nitrogens with zero attached hydrogens (tertiary/aromatic N) is 5. The molecule has 3 rings (SSSR count). The molecule has 7 nitrogen and oxygen atoms in total. The van der Waals surface area contributed by atoms with Crippen LogP contribution in [-0.4, -0.2) is 58.3 Å². The van der Waals surface area contributed by atoms with Gasteiger partial charge in [-0.2, -0.15) is 0 Å². The minimum absolute atomic E-state index is 0.0232. The quantitative estimate of drug-likeness (QED) is 0.870. The van der Waals surface area contributed by atoms with Gasteiger partial charge in [-0.1, -0.05) is 6.85 Å². The molecule has 0 aromatic carbocycles. The number of likely N-dealkylation sites (N-methyl/N-ethyl adjacent to an activating group) is 1. The van der Waals surface area contributed by atoms with Crippen LogP contribution in [0, 0.1) is 12.5 Å². The van der Waals surface area contributed by atoms with Gasteiger partial charge in [0.1, 0.15) is 19.1 Å². The first-order valence-corrected chi connectivity index (χ1v) is 6.61. The smallest absolute Gasteiger partial charge is 0.302 e. The molecule has 2 aromatic heterocycles. The van der Waals surface area contributed by atoms with Crippen molar-refractivity contribution >= 4 is 22.8 Å². The van der Waals surface area contributed by atoms with Crippen LogP contribution < -0.4 is 4.90 Å². The molecule has 1 amide bonds. The van der Waals surface area contributed by atoms with E-state index in [9.17, 15) is 6.17 Å². The van der Waals surface area contributed by atoms with Crippen molar-refractivity contribution in [1.29, 1.82) is 0 Å². The maximum absolute atomic E-state index is 12.6. The highest BCUT2D eigenvalue weighted by atomic mass is 16.2. The first kappa shape index (κ1) is 6.48. The van der Waals surface area contributed by atoms with E-state index in [4.69, 9.17) is 21.7 Å². The van der Waals surface area contributed by atoms with Crippen molar-refractivity contribution in [2.45, 2.75) is 19.3 Å². The van der Waals surface area contributed by atoms with Crippen molar-refractivity contribution in [2.75, 3.05) is 31.5 Å². The van der Waals surface area contributed by atoms with Gasteiger partial charge in [0.05, 0.1) is 16.9 Å². The van der Waals surface area contributed by atoms with Gasteiger partial charge in [-0.15, -0.1) is 0 Å². The average molecular weight is 324 g/mol. The summed E-state index contributed by atoms with van der Waals surface area (Å²) in [4.78, 5) is 25.8. The van der Waals surface area contributed by atoms with Gasteiger partial charge >= 0.3 is 5.91 Å². The van der Waals surface area contributed by atoms with Crippen LogP contribution in [0.2, 0.25) is 0 Å². The SMILES string of the molecule is [2H]c1nc(N(C([2H])([2H])[2H])[C@@]2([2H])C([2H])([2H])N(C(=O)C[N+]#[C-])CC[C@@]2([2H])C([2H])([2H])[2H])c2c([2H])c[nH]c2n1. The van der Waals surface area contributed by atoms with Crippen LogP contribution in [0.25, 0.3) is 15.9 Å². The van der Waals surface area contributed by atoms with Crippen molar-refractivity contribution in [1.82, 2.24) is 19.9 Å². The van der Waals surface area contributed by atoms with Gasteiger partial charge in [-0.3, -0.25) is 4.79 Å². The zero-order chi connectivity index (χ0) is 26.8. The van der Waals surface area contributed by atoms with Crippen molar-refractivity contribution in [3.8, 4) is 0 Å². The summed E-state index contributed by atoms with van der Waals surface area (Å²) >= 11 is 0. The number of carbonyl (C=O) groups excluding carboxylic acids is 1. The summed E-state index contributed by atoms with van der Waals surface area (Å²) in [6.45, 7) is -5.05. The molecular formula is C16H20N6O. The number of hydrogen-bond donors (Lipinski definition) is 1. The third-order valence-corrected chi connectivity index (χ3v) is 3.27. The molecule has 2 aromatic rings. The molecule has 120 valence electrons. The number of amides is 1. The Labute approximate surface area is 152 Å². The van der Waals surface area contributed by atoms with Gasteiger partial charge in [0, 0.05) is 35.8 Å². The fourth-order valence-electron chi connectivity index (χ4n) is 2.14. The number of rotatable bonds is 3. The zero-order valence-corrected chi connectivity index (χ0v) is 11.8. The lowest BCUT2D eigenvalue weighted by Crippen LogP contribution is -2.53. The summed E-state index contributed by atoms with van der Waals surface area (Å²) in [5.74, 6) is -5.12. The van der Waals surface area contributed by atoms with Crippen LogP contribution in [0.1, 0.15) is 29.7 Å². The molecule has 0 bridgehead atoms. The number of aromatic nitrogens is 3. The molecule has 0 aliphatic carbocycles. The highest BCUT2D eigenvalue weighted by molar-refractivity contribution is 5.87. The minimum atomic E-state index is -3.59. The summed E-state index contributed by atoms with van der Waals surface area (Å²) < 4.78 is 99.7. The molecule has 23 heavy (non-hydrogen) atoms. The maximum Gasteiger partial charge on any atom is 0.302 e. The number of piperidine rings is 1. The van der Waals surface area contributed by atoms with E-state index < -0.39 is 75.8 Å². The van der Waals surface area contributed by atoms with Crippen LogP contribution in [0.3, 0.4) is 0 Å². The number of anilines is 1. The third-order valence-electron chi connectivity index (χ3n) is 3.27. The van der Waals surface area contributed by atoms with Crippen LogP contribution in [0.4, 0.5) is 5.82 Å². The van der Waals surface area contributed by atoms with Crippen molar-refractivity contribution in [3.05, 3.63) is 30.0 Å². The largest absolute Gasteiger partial charge is 0.354 e. The van der Waals surface area contributed by atoms with E-state index in [0.717, 1.165) is 6.20 Å². The normalized spacial score (nSPS) is 38.5. The maximum atomic E-state index is 12.6. The van der Waals surface area contributed by atoms with Gasteiger partial charge in [0.2, 0.25) is 0 Å². The molecule has 0 spiro atoms. The van der Waals surface area contributed by atoms with Crippen LogP contribution >= 0.6 is 0 Å². The Morgan fingerprint density at radius 3 is 3.48 bits per heavy atom. The van der Waals surface area contributed by atoms with Gasteiger partial charge in [0.25, 0.3) is 6.54 Å². The number of hydrogen-bond acceptors (Lipinski definition) is 4. The highest BCUT2D eigenvalue weighted by Gasteiger charge is 2.33. The Balaban J connectivity index is 2.48. The van der Waals surface area contributed by atoms with Gasteiger partial charge in [-0.25, -0.2) is 16.5 Å². The number of aromatic amines is 1. The van der Waals surface area contributed by atoms with Crippen molar-refractivity contribution in [2.24, 2.45) is 5.89 Å². The van der Waals surface area contributed by atoms with Gasteiger partial charge in [0.15, 0.2) is 0 Å². The number of H-pyrrole nitrogens is 1.